The Bertz CT molecular complexity index is 774. The fraction of sp³-hybridized carbons (Fsp3) is 0.222. The van der Waals surface area contributed by atoms with E-state index in [0.29, 0.717) is 22.0 Å². The van der Waals surface area contributed by atoms with Gasteiger partial charge < -0.3 is 14.8 Å². The van der Waals surface area contributed by atoms with Gasteiger partial charge in [0.25, 0.3) is 5.91 Å². The van der Waals surface area contributed by atoms with Crippen molar-refractivity contribution in [3.05, 3.63) is 58.1 Å². The summed E-state index contributed by atoms with van der Waals surface area (Å²) in [5.41, 5.74) is 2.59. The summed E-state index contributed by atoms with van der Waals surface area (Å²) in [5.74, 6) is -0.192. The number of hydrogen-bond acceptors (Lipinski definition) is 4. The molecular weight excluding hydrogens is 330 g/mol. The minimum Gasteiger partial charge on any atom is -0.483 e. The van der Waals surface area contributed by atoms with E-state index < -0.39 is 5.97 Å². The zero-order chi connectivity index (χ0) is 17.7. The van der Waals surface area contributed by atoms with Gasteiger partial charge in [-0.3, -0.25) is 4.79 Å². The maximum Gasteiger partial charge on any atom is 0.337 e. The van der Waals surface area contributed by atoms with Crippen LogP contribution < -0.4 is 10.1 Å². The number of ether oxygens (including phenoxy) is 2. The average Bonchev–Trinajstić information content (AvgIpc) is 2.55. The maximum absolute atomic E-state index is 12.1. The molecule has 1 amide bonds. The number of anilines is 1. The molecule has 2 aromatic rings. The molecule has 0 aromatic heterocycles. The van der Waals surface area contributed by atoms with Gasteiger partial charge in [-0.25, -0.2) is 4.79 Å². The lowest BCUT2D eigenvalue weighted by molar-refractivity contribution is -0.118. The minimum atomic E-state index is -0.460. The summed E-state index contributed by atoms with van der Waals surface area (Å²) in [6, 6.07) is 10.1. The Kier molecular flexibility index (Phi) is 5.82. The summed E-state index contributed by atoms with van der Waals surface area (Å²) in [6.07, 6.45) is 0. The Labute approximate surface area is 145 Å². The molecule has 5 nitrogen and oxygen atoms in total. The fourth-order valence-corrected chi connectivity index (χ4v) is 2.33. The Morgan fingerprint density at radius 2 is 1.83 bits per heavy atom. The number of nitrogens with one attached hydrogen (secondary N) is 1. The monoisotopic (exact) mass is 347 g/mol. The van der Waals surface area contributed by atoms with Crippen molar-refractivity contribution in [1.82, 2.24) is 0 Å². The van der Waals surface area contributed by atoms with Crippen LogP contribution in [0.1, 0.15) is 21.5 Å². The van der Waals surface area contributed by atoms with Crippen molar-refractivity contribution in [1.29, 1.82) is 0 Å². The summed E-state index contributed by atoms with van der Waals surface area (Å²) >= 11 is 5.88. The predicted molar refractivity (Wildman–Crippen MR) is 92.8 cm³/mol. The van der Waals surface area contributed by atoms with Crippen LogP contribution in [0.2, 0.25) is 5.02 Å². The molecule has 0 atom stereocenters. The lowest BCUT2D eigenvalue weighted by Crippen LogP contribution is -2.21. The summed E-state index contributed by atoms with van der Waals surface area (Å²) in [4.78, 5) is 23.7. The minimum absolute atomic E-state index is 0.148. The van der Waals surface area contributed by atoms with Gasteiger partial charge in [0.1, 0.15) is 5.75 Å². The van der Waals surface area contributed by atoms with Crippen LogP contribution in [0.3, 0.4) is 0 Å². The smallest absolute Gasteiger partial charge is 0.337 e. The van der Waals surface area contributed by atoms with Crippen molar-refractivity contribution in [3.63, 3.8) is 0 Å². The van der Waals surface area contributed by atoms with Crippen LogP contribution in [-0.2, 0) is 9.53 Å². The second kappa shape index (κ2) is 7.84. The number of carbonyl (C=O) groups excluding carboxylic acids is 2. The SMILES string of the molecule is COC(=O)c1ccc(C)c(NC(=O)COc2ccc(Cl)cc2C)c1. The third-order valence-electron chi connectivity index (χ3n) is 3.43. The lowest BCUT2D eigenvalue weighted by Gasteiger charge is -2.12. The van der Waals surface area contributed by atoms with Crippen molar-refractivity contribution in [2.24, 2.45) is 0 Å². The van der Waals surface area contributed by atoms with Gasteiger partial charge in [-0.1, -0.05) is 17.7 Å². The quantitative estimate of drug-likeness (QED) is 0.836. The molecular formula is C18H18ClNO4. The number of methoxy groups -OCH3 is 1. The number of rotatable bonds is 5. The summed E-state index contributed by atoms with van der Waals surface area (Å²) in [6.45, 7) is 3.54. The molecule has 24 heavy (non-hydrogen) atoms. The molecule has 2 aromatic carbocycles. The van der Waals surface area contributed by atoms with E-state index >= 15 is 0 Å². The zero-order valence-electron chi connectivity index (χ0n) is 13.7. The van der Waals surface area contributed by atoms with Crippen molar-refractivity contribution < 1.29 is 19.1 Å². The van der Waals surface area contributed by atoms with Crippen LogP contribution in [0.15, 0.2) is 36.4 Å². The molecule has 0 fully saturated rings. The number of hydrogen-bond donors (Lipinski definition) is 1. The molecule has 0 heterocycles. The van der Waals surface area contributed by atoms with Crippen molar-refractivity contribution in [3.8, 4) is 5.75 Å². The number of aryl methyl sites for hydroxylation is 2. The first-order valence-corrected chi connectivity index (χ1v) is 7.66. The summed E-state index contributed by atoms with van der Waals surface area (Å²) in [7, 11) is 1.31. The predicted octanol–water partition coefficient (Wildman–Crippen LogP) is 3.76. The van der Waals surface area contributed by atoms with Gasteiger partial charge in [-0.05, 0) is 55.3 Å². The highest BCUT2D eigenvalue weighted by Gasteiger charge is 2.11. The largest absolute Gasteiger partial charge is 0.483 e. The number of esters is 1. The molecule has 1 N–H and O–H groups in total. The van der Waals surface area contributed by atoms with Gasteiger partial charge in [-0.2, -0.15) is 0 Å². The Morgan fingerprint density at radius 3 is 2.50 bits per heavy atom. The van der Waals surface area contributed by atoms with Gasteiger partial charge in [-0.15, -0.1) is 0 Å². The number of benzene rings is 2. The first-order valence-electron chi connectivity index (χ1n) is 7.28. The molecule has 2 rings (SSSR count). The van der Waals surface area contributed by atoms with E-state index in [0.717, 1.165) is 11.1 Å². The molecule has 0 aliphatic heterocycles. The van der Waals surface area contributed by atoms with Crippen LogP contribution in [0.5, 0.6) is 5.75 Å². The van der Waals surface area contributed by atoms with Gasteiger partial charge in [0.2, 0.25) is 0 Å². The first-order chi connectivity index (χ1) is 11.4. The molecule has 126 valence electrons. The molecule has 0 saturated heterocycles. The second-order valence-corrected chi connectivity index (χ2v) is 5.70. The van der Waals surface area contributed by atoms with Gasteiger partial charge in [0.15, 0.2) is 6.61 Å². The fourth-order valence-electron chi connectivity index (χ4n) is 2.11. The third kappa shape index (κ3) is 4.49. The van der Waals surface area contributed by atoms with Crippen LogP contribution in [0.25, 0.3) is 0 Å². The molecule has 6 heteroatoms. The highest BCUT2D eigenvalue weighted by Crippen LogP contribution is 2.22. The van der Waals surface area contributed by atoms with Crippen LogP contribution in [-0.4, -0.2) is 25.6 Å². The normalized spacial score (nSPS) is 10.2. The Hall–Kier alpha value is -2.53. The van der Waals surface area contributed by atoms with Gasteiger partial charge in [0.05, 0.1) is 12.7 Å². The Balaban J connectivity index is 2.03. The Morgan fingerprint density at radius 1 is 1.08 bits per heavy atom. The van der Waals surface area contributed by atoms with Crippen LogP contribution in [0, 0.1) is 13.8 Å². The molecule has 0 saturated carbocycles. The second-order valence-electron chi connectivity index (χ2n) is 5.27. The highest BCUT2D eigenvalue weighted by atomic mass is 35.5. The first kappa shape index (κ1) is 17.8. The molecule has 0 unspecified atom stereocenters. The average molecular weight is 348 g/mol. The topological polar surface area (TPSA) is 64.6 Å². The van der Waals surface area contributed by atoms with Crippen LogP contribution >= 0.6 is 11.6 Å². The number of amides is 1. The highest BCUT2D eigenvalue weighted by molar-refractivity contribution is 6.30. The third-order valence-corrected chi connectivity index (χ3v) is 3.66. The van der Waals surface area contributed by atoms with Gasteiger partial charge >= 0.3 is 5.97 Å². The number of halogens is 1. The van der Waals surface area contributed by atoms with Crippen molar-refractivity contribution in [2.45, 2.75) is 13.8 Å². The summed E-state index contributed by atoms with van der Waals surface area (Å²) < 4.78 is 10.2. The maximum atomic E-state index is 12.1. The van der Waals surface area contributed by atoms with E-state index in [1.54, 1.807) is 36.4 Å². The van der Waals surface area contributed by atoms with Crippen LogP contribution in [0.4, 0.5) is 5.69 Å². The van der Waals surface area contributed by atoms with E-state index in [-0.39, 0.29) is 12.5 Å². The van der Waals surface area contributed by atoms with E-state index in [4.69, 9.17) is 16.3 Å². The lowest BCUT2D eigenvalue weighted by atomic mass is 10.1. The molecule has 0 aliphatic rings. The standard InChI is InChI=1S/C18H18ClNO4/c1-11-4-5-13(18(22)23-3)9-15(11)20-17(21)10-24-16-7-6-14(19)8-12(16)2/h4-9H,10H2,1-3H3,(H,20,21). The molecule has 0 radical (unpaired) electrons. The molecule has 0 aliphatic carbocycles. The van der Waals surface area contributed by atoms with E-state index in [2.05, 4.69) is 10.1 Å². The van der Waals surface area contributed by atoms with E-state index in [1.165, 1.54) is 7.11 Å². The zero-order valence-corrected chi connectivity index (χ0v) is 14.4. The molecule has 0 spiro atoms. The summed E-state index contributed by atoms with van der Waals surface area (Å²) in [5, 5.41) is 3.34. The van der Waals surface area contributed by atoms with E-state index in [9.17, 15) is 9.59 Å². The van der Waals surface area contributed by atoms with Crippen molar-refractivity contribution in [2.75, 3.05) is 19.0 Å². The van der Waals surface area contributed by atoms with Gasteiger partial charge in [0, 0.05) is 10.7 Å². The van der Waals surface area contributed by atoms with E-state index in [1.807, 2.05) is 13.8 Å². The number of carbonyl (C=O) groups is 2. The molecule has 0 bridgehead atoms. The van der Waals surface area contributed by atoms with Crippen molar-refractivity contribution >= 4 is 29.2 Å².